The summed E-state index contributed by atoms with van der Waals surface area (Å²) in [5.74, 6) is -1.62. The Hall–Kier alpha value is -2.61. The van der Waals surface area contributed by atoms with Gasteiger partial charge in [0.15, 0.2) is 11.5 Å². The number of ether oxygens (including phenoxy) is 3. The van der Waals surface area contributed by atoms with Crippen LogP contribution in [0.5, 0.6) is 11.5 Å². The van der Waals surface area contributed by atoms with Crippen molar-refractivity contribution in [1.29, 1.82) is 0 Å². The molecule has 8 nitrogen and oxygen atoms in total. The second kappa shape index (κ2) is 7.43. The molecule has 2 aliphatic rings. The Morgan fingerprint density at radius 3 is 2.39 bits per heavy atom. The van der Waals surface area contributed by atoms with Crippen LogP contribution in [0.15, 0.2) is 18.2 Å². The van der Waals surface area contributed by atoms with Crippen LogP contribution in [0.2, 0.25) is 0 Å². The molecule has 8 heteroatoms. The summed E-state index contributed by atoms with van der Waals surface area (Å²) in [6.45, 7) is 5.54. The molecule has 0 saturated carbocycles. The fourth-order valence-corrected chi connectivity index (χ4v) is 4.31. The van der Waals surface area contributed by atoms with Crippen molar-refractivity contribution in [1.82, 2.24) is 10.2 Å². The molecule has 2 heterocycles. The lowest BCUT2D eigenvalue weighted by molar-refractivity contribution is -0.155. The summed E-state index contributed by atoms with van der Waals surface area (Å²) in [6, 6.07) is 4.77. The van der Waals surface area contributed by atoms with E-state index in [1.807, 2.05) is 0 Å². The fourth-order valence-electron chi connectivity index (χ4n) is 4.31. The van der Waals surface area contributed by atoms with Crippen molar-refractivity contribution in [3.8, 4) is 11.5 Å². The summed E-state index contributed by atoms with van der Waals surface area (Å²) in [5.41, 5.74) is -0.561. The Balaban J connectivity index is 2.09. The Morgan fingerprint density at radius 2 is 1.82 bits per heavy atom. The minimum absolute atomic E-state index is 0.189. The number of methoxy groups -OCH3 is 2. The van der Waals surface area contributed by atoms with Gasteiger partial charge in [-0.1, -0.05) is 6.07 Å². The maximum absolute atomic E-state index is 13.0. The lowest BCUT2D eigenvalue weighted by atomic mass is 9.80. The molecule has 0 radical (unpaired) electrons. The van der Waals surface area contributed by atoms with Crippen LogP contribution in [0.25, 0.3) is 0 Å². The maximum atomic E-state index is 13.0. The van der Waals surface area contributed by atoms with Gasteiger partial charge in [-0.3, -0.25) is 24.6 Å². The predicted molar refractivity (Wildman–Crippen MR) is 99.8 cm³/mol. The third-order valence-electron chi connectivity index (χ3n) is 5.66. The van der Waals surface area contributed by atoms with E-state index in [1.54, 1.807) is 39.0 Å². The second-order valence-electron chi connectivity index (χ2n) is 7.08. The number of fused-ring (bicyclic) bond motifs is 1. The van der Waals surface area contributed by atoms with E-state index >= 15 is 0 Å². The average molecular weight is 390 g/mol. The Bertz CT molecular complexity index is 810. The first-order chi connectivity index (χ1) is 13.3. The third-order valence-corrected chi connectivity index (χ3v) is 5.66. The number of hydrogen-bond acceptors (Lipinski definition) is 7. The van der Waals surface area contributed by atoms with E-state index in [1.165, 1.54) is 19.1 Å². The first-order valence-electron chi connectivity index (χ1n) is 9.36. The number of amides is 2. The van der Waals surface area contributed by atoms with Crippen LogP contribution in [0.3, 0.4) is 0 Å². The zero-order chi connectivity index (χ0) is 20.6. The monoisotopic (exact) mass is 390 g/mol. The standard InChI is InChI=1S/C20H26N2O6/c1-6-22-17(23)14-15(18(22)24)20(3,19(25)28-7-2)21-16(14)11-8-9-12(26-4)13(10-11)27-5/h8-10,14-16,21H,6-7H2,1-5H3/t14-,15-,16-,20+/m0/s1. The number of nitrogens with zero attached hydrogens (tertiary/aromatic N) is 1. The van der Waals surface area contributed by atoms with Gasteiger partial charge in [0.25, 0.3) is 0 Å². The molecule has 4 atom stereocenters. The van der Waals surface area contributed by atoms with Crippen LogP contribution < -0.4 is 14.8 Å². The number of benzene rings is 1. The van der Waals surface area contributed by atoms with Crippen LogP contribution in [0.4, 0.5) is 0 Å². The molecular formula is C20H26N2O6. The van der Waals surface area contributed by atoms with Crippen LogP contribution in [0, 0.1) is 11.8 Å². The van der Waals surface area contributed by atoms with Gasteiger partial charge < -0.3 is 14.2 Å². The molecule has 0 spiro atoms. The van der Waals surface area contributed by atoms with Crippen molar-refractivity contribution in [3.63, 3.8) is 0 Å². The van der Waals surface area contributed by atoms with Gasteiger partial charge in [0.05, 0.1) is 32.7 Å². The van der Waals surface area contributed by atoms with Gasteiger partial charge in [0.1, 0.15) is 5.54 Å². The Morgan fingerprint density at radius 1 is 1.14 bits per heavy atom. The average Bonchev–Trinajstić information content (AvgIpc) is 3.15. The zero-order valence-electron chi connectivity index (χ0n) is 16.8. The van der Waals surface area contributed by atoms with Crippen LogP contribution in [-0.4, -0.2) is 55.6 Å². The third kappa shape index (κ3) is 2.83. The molecule has 2 saturated heterocycles. The van der Waals surface area contributed by atoms with Gasteiger partial charge in [-0.15, -0.1) is 0 Å². The quantitative estimate of drug-likeness (QED) is 0.578. The van der Waals surface area contributed by atoms with Crippen LogP contribution in [-0.2, 0) is 19.1 Å². The van der Waals surface area contributed by atoms with Crippen molar-refractivity contribution < 1.29 is 28.6 Å². The smallest absolute Gasteiger partial charge is 0.326 e. The molecule has 0 aromatic heterocycles. The van der Waals surface area contributed by atoms with Gasteiger partial charge in [-0.2, -0.15) is 0 Å². The van der Waals surface area contributed by atoms with Gasteiger partial charge in [0.2, 0.25) is 11.8 Å². The molecule has 152 valence electrons. The lowest BCUT2D eigenvalue weighted by Gasteiger charge is -2.29. The highest BCUT2D eigenvalue weighted by Gasteiger charge is 2.66. The molecule has 2 aliphatic heterocycles. The number of hydrogen-bond donors (Lipinski definition) is 1. The largest absolute Gasteiger partial charge is 0.493 e. The first kappa shape index (κ1) is 20.1. The second-order valence-corrected chi connectivity index (χ2v) is 7.08. The van der Waals surface area contributed by atoms with E-state index in [-0.39, 0.29) is 25.0 Å². The molecule has 2 amide bonds. The van der Waals surface area contributed by atoms with Gasteiger partial charge in [0, 0.05) is 12.6 Å². The molecule has 3 rings (SSSR count). The zero-order valence-corrected chi connectivity index (χ0v) is 16.8. The molecule has 28 heavy (non-hydrogen) atoms. The molecule has 1 aromatic rings. The molecule has 1 N–H and O–H groups in total. The molecule has 0 aliphatic carbocycles. The number of imide groups is 1. The van der Waals surface area contributed by atoms with Crippen molar-refractivity contribution in [2.24, 2.45) is 11.8 Å². The summed E-state index contributed by atoms with van der Waals surface area (Å²) in [5, 5.41) is 3.23. The van der Waals surface area contributed by atoms with Crippen molar-refractivity contribution >= 4 is 17.8 Å². The molecule has 2 fully saturated rings. The molecule has 0 unspecified atom stereocenters. The predicted octanol–water partition coefficient (Wildman–Crippen LogP) is 1.29. The fraction of sp³-hybridized carbons (Fsp3) is 0.550. The van der Waals surface area contributed by atoms with E-state index in [0.29, 0.717) is 11.5 Å². The van der Waals surface area contributed by atoms with Crippen LogP contribution >= 0.6 is 0 Å². The van der Waals surface area contributed by atoms with Crippen molar-refractivity contribution in [2.45, 2.75) is 32.4 Å². The van der Waals surface area contributed by atoms with Gasteiger partial charge in [-0.25, -0.2) is 0 Å². The molecular weight excluding hydrogens is 364 g/mol. The molecule has 1 aromatic carbocycles. The Kier molecular flexibility index (Phi) is 5.34. The summed E-state index contributed by atoms with van der Waals surface area (Å²) in [4.78, 5) is 40.0. The van der Waals surface area contributed by atoms with Crippen molar-refractivity contribution in [3.05, 3.63) is 23.8 Å². The number of carbonyl (C=O) groups is 3. The lowest BCUT2D eigenvalue weighted by Crippen LogP contribution is -2.54. The highest BCUT2D eigenvalue weighted by molar-refractivity contribution is 6.09. The number of nitrogens with one attached hydrogen (secondary N) is 1. The summed E-state index contributed by atoms with van der Waals surface area (Å²) < 4.78 is 15.9. The normalized spacial score (nSPS) is 29.0. The number of esters is 1. The van der Waals surface area contributed by atoms with Crippen molar-refractivity contribution in [2.75, 3.05) is 27.4 Å². The first-order valence-corrected chi connectivity index (χ1v) is 9.36. The Labute approximate surface area is 164 Å². The van der Waals surface area contributed by atoms with E-state index < -0.39 is 29.4 Å². The topological polar surface area (TPSA) is 94.2 Å². The summed E-state index contributed by atoms with van der Waals surface area (Å²) in [6.07, 6.45) is 0. The highest BCUT2D eigenvalue weighted by Crippen LogP contribution is 2.49. The summed E-state index contributed by atoms with van der Waals surface area (Å²) >= 11 is 0. The minimum atomic E-state index is -1.30. The number of carbonyl (C=O) groups excluding carboxylic acids is 3. The van der Waals surface area contributed by atoms with Gasteiger partial charge in [-0.05, 0) is 38.5 Å². The van der Waals surface area contributed by atoms with E-state index in [0.717, 1.165) is 5.56 Å². The van der Waals surface area contributed by atoms with E-state index in [9.17, 15) is 14.4 Å². The minimum Gasteiger partial charge on any atom is -0.493 e. The summed E-state index contributed by atoms with van der Waals surface area (Å²) in [7, 11) is 3.07. The number of rotatable bonds is 6. The maximum Gasteiger partial charge on any atom is 0.326 e. The van der Waals surface area contributed by atoms with E-state index in [2.05, 4.69) is 5.32 Å². The molecule has 0 bridgehead atoms. The SMILES string of the molecule is CCOC(=O)[C@]1(C)N[C@@H](c2ccc(OC)c(OC)c2)[C@H]2C(=O)N(CC)C(=O)[C@H]21. The number of likely N-dealkylation sites (tertiary alicyclic amines) is 1. The van der Waals surface area contributed by atoms with Crippen LogP contribution in [0.1, 0.15) is 32.4 Å². The van der Waals surface area contributed by atoms with Gasteiger partial charge >= 0.3 is 5.97 Å². The highest BCUT2D eigenvalue weighted by atomic mass is 16.5. The van der Waals surface area contributed by atoms with E-state index in [4.69, 9.17) is 14.2 Å².